The van der Waals surface area contributed by atoms with Crippen molar-refractivity contribution in [1.82, 2.24) is 0 Å². The van der Waals surface area contributed by atoms with Crippen LogP contribution in [0.2, 0.25) is 0 Å². The van der Waals surface area contributed by atoms with Crippen molar-refractivity contribution in [2.45, 2.75) is 0 Å². The molecule has 0 aromatic rings. The molecule has 0 spiro atoms. The minimum Gasteiger partial charge on any atom is -2.00 e. The van der Waals surface area contributed by atoms with E-state index >= 15 is 0 Å². The molecule has 0 atom stereocenters. The second-order valence-electron chi connectivity index (χ2n) is 0. The largest absolute Gasteiger partial charge is 4.00 e. The van der Waals surface area contributed by atoms with E-state index in [1.165, 1.54) is 0 Å². The summed E-state index contributed by atoms with van der Waals surface area (Å²) in [6, 6.07) is 0. The third kappa shape index (κ3) is 4800. The summed E-state index contributed by atoms with van der Waals surface area (Å²) in [6.45, 7) is 0. The van der Waals surface area contributed by atoms with Crippen LogP contribution in [0.4, 0.5) is 0 Å². The molecule has 1000 valence electrons. The summed E-state index contributed by atoms with van der Waals surface area (Å²) in [5.41, 5.74) is 0. The van der Waals surface area contributed by atoms with Crippen molar-refractivity contribution in [3.8, 4) is 0 Å². The first-order chi connectivity index (χ1) is 0. The van der Waals surface area contributed by atoms with Gasteiger partial charge in [0.25, 0.3) is 0 Å². The van der Waals surface area contributed by atoms with Crippen molar-refractivity contribution >= 4 is 21.9 Å². The minimum atomic E-state index is 0. The van der Waals surface area contributed by atoms with Crippen LogP contribution in [0.15, 0.2) is 0 Å². The smallest absolute Gasteiger partial charge is 2.00 e. The van der Waals surface area contributed by atoms with Gasteiger partial charge in [-0.15, -0.1) is 0 Å². The standard InChI is InChI=1S/Eu.13K.30H2O.78O.2Si.22W/h;;;;;;;;;;;;;;30*1H2;;;;;;;;;;;;;;;;;;;;;;;;;;;;;;;;;;;;;;;;;;;;;;;;;;;;;;;;;;;;;;;;;;;;;;;;;;;;;;;;;;;;;;;;;;;;;;;;;;;;;;/q+3;13*+1;;;;;;;;;;;;;;;;;;;;;;;;;;;;;;;78*-2;2*+4;;;;;;;;;;;;;;;;;;;;;;. The first kappa shape index (κ1) is 4970. The summed E-state index contributed by atoms with van der Waals surface area (Å²) in [6.07, 6.45) is 0. The molecule has 0 saturated carbocycles. The van der Waals surface area contributed by atoms with E-state index in [0.717, 1.165) is 0 Å². The Morgan fingerprint density at radius 2 is 0.0411 bits per heavy atom. The van der Waals surface area contributed by atoms with Crippen molar-refractivity contribution < 1.29 is 1770 Å². The molecule has 0 unspecified atom stereocenters. The van der Waals surface area contributed by atoms with E-state index in [1.54, 1.807) is 0 Å². The molecule has 0 aromatic carbocycles. The molecule has 0 aliphatic heterocycles. The predicted molar refractivity (Wildman–Crippen MR) is 173 cm³/mol. The fourth-order valence-corrected chi connectivity index (χ4v) is 0. The maximum atomic E-state index is 0. The molecule has 0 rings (SSSR count). The summed E-state index contributed by atoms with van der Waals surface area (Å²) in [4.78, 5) is 0. The van der Waals surface area contributed by atoms with Gasteiger partial charge >= 0.3 is 739 Å². The van der Waals surface area contributed by atoms with Crippen LogP contribution in [0, 0.1) is 49.4 Å². The van der Waals surface area contributed by atoms with E-state index in [9.17, 15) is 0 Å². The van der Waals surface area contributed by atoms with Crippen LogP contribution in [0.1, 0.15) is 0 Å². The van der Waals surface area contributed by atoms with Gasteiger partial charge in [-0.3, -0.25) is 0 Å². The quantitative estimate of drug-likeness (QED) is 0.204. The van der Waals surface area contributed by atoms with Crippen LogP contribution in [0.5, 0.6) is 0 Å². The molecule has 0 amide bonds. The molecule has 0 aliphatic carbocycles. The summed E-state index contributed by atoms with van der Waals surface area (Å²) in [5.74, 6) is 0. The normalized spacial score (nSPS) is 0. The summed E-state index contributed by atoms with van der Waals surface area (Å²) in [7, 11) is 0. The third-order valence-electron chi connectivity index (χ3n) is 0. The number of hydrogen-bond acceptors (Lipinski definition) is 0. The Bertz CT molecular complexity index is 172. The van der Waals surface area contributed by atoms with Crippen LogP contribution >= 0.6 is 0 Å². The molecular formula is H60EuK13O108Si2W22-132. The van der Waals surface area contributed by atoms with E-state index < -0.39 is 0 Å². The summed E-state index contributed by atoms with van der Waals surface area (Å²) in [5, 5.41) is 0. The van der Waals surface area contributed by atoms with Gasteiger partial charge in [-0.05, 0) is 0 Å². The van der Waals surface area contributed by atoms with Gasteiger partial charge in [-0.25, -0.2) is 0 Å². The maximum Gasteiger partial charge on any atom is 4.00 e. The van der Waals surface area contributed by atoms with Crippen LogP contribution in [0.25, 0.3) is 0 Å². The molecule has 0 heterocycles. The summed E-state index contributed by atoms with van der Waals surface area (Å²) < 4.78 is 0. The second kappa shape index (κ2) is 4880. The van der Waals surface area contributed by atoms with Gasteiger partial charge in [0.2, 0.25) is 0 Å². The molecule has 0 saturated heterocycles. The molecule has 146 heteroatoms. The Kier molecular flexibility index (Phi) is 166000. The van der Waals surface area contributed by atoms with Gasteiger partial charge in [-0.2, -0.15) is 0 Å². The van der Waals surface area contributed by atoms with Crippen molar-refractivity contribution in [2.24, 2.45) is 0 Å². The third-order valence-corrected chi connectivity index (χ3v) is 0. The molecule has 0 fully saturated rings. The molecule has 0 aromatic heterocycles. The van der Waals surface area contributed by atoms with Gasteiger partial charge in [0, 0.05) is 463 Å². The average molecular weight is 6550 g/mol. The Balaban J connectivity index is 0. The Hall–Kier alpha value is 34.1. The van der Waals surface area contributed by atoms with E-state index in [0.29, 0.717) is 0 Å². The zero-order chi connectivity index (χ0) is 0. The molecular weight excluding hydrogens is 6490 g/mol. The summed E-state index contributed by atoms with van der Waals surface area (Å²) >= 11 is 0. The maximum absolute atomic E-state index is 0. The van der Waals surface area contributed by atoms with Gasteiger partial charge in [0.1, 0.15) is 0 Å². The van der Waals surface area contributed by atoms with Crippen molar-refractivity contribution in [3.63, 3.8) is 0 Å². The number of rotatable bonds is 0. The number of hydrogen-bond donors (Lipinski definition) is 0. The van der Waals surface area contributed by atoms with E-state index in [1.807, 2.05) is 0 Å². The molecule has 0 radical (unpaired) electrons. The fraction of sp³-hybridized carbons (Fsp3) is 0. The first-order valence-electron chi connectivity index (χ1n) is 0. The SMILES string of the molecule is O.O.O.O.O.O.O.O.O.O.O.O.O.O.O.O.O.O.O.O.O.O.O.O.O.O.O.O.O.O.[Eu+3].[K+].[K+].[K+].[K+].[K+].[K+].[K+].[K+].[K+].[K+].[K+].[K+].[K+].[O-2].[O-2].[O-2].[O-2].[O-2].[O-2].[O-2].[O-2].[O-2].[O-2].[O-2].[O-2].[O-2].[O-2].[O-2].[O-2].[O-2].[O-2].[O-2].[O-2].[O-2].[O-2].[O-2].[O-2].[O-2].[O-2].[O-2].[O-2].[O-2].[O-2].[O-2].[O-2].[O-2].[O-2].[O-2].[O-2].[O-2].[O-2].[O-2].[O-2].[O-2].[O-2].[O-2].[O-2].[O-2].[O-2].[O-2].[O-2].[O-2].[O-2].[O-2].[O-2].[O-2].[O-2].[O-2].[O-2].[O-2].[O-2].[O-2].[O-2].[O-2].[O-2].[O-2].[O-2].[O-2].[O-2].[O-2].[O-2].[O-2].[O-2].[O-2].[O-2].[O-2].[O-2].[O-2].[O-2].[O-2].[O-2].[Si+4].[Si+4].[W].[W].[W].[W].[W].[W].[W].[W].[W].[W].[W].[W].[W].[W].[W].[W].[W].[W].[W].[W].[W].[W]. The van der Waals surface area contributed by atoms with Crippen molar-refractivity contribution in [3.05, 3.63) is 0 Å². The van der Waals surface area contributed by atoms with Gasteiger partial charge in [0.15, 0.2) is 0 Å². The van der Waals surface area contributed by atoms with E-state index in [-0.39, 0.29) is 1790 Å². The topological polar surface area (TPSA) is 3170 Å². The Morgan fingerprint density at radius 3 is 0.0411 bits per heavy atom. The Morgan fingerprint density at radius 1 is 0.0411 bits per heavy atom. The molecule has 60 N–H and O–H groups in total. The average Bonchev–Trinajstić information content (AvgIpc) is 0. The van der Waals surface area contributed by atoms with Crippen LogP contribution in [-0.2, 0) is 891 Å². The van der Waals surface area contributed by atoms with Crippen LogP contribution < -0.4 is 668 Å². The predicted octanol–water partition coefficient (Wildman–Crippen LogP) is -73.8. The monoisotopic (exact) mass is 6550 g/mol. The van der Waals surface area contributed by atoms with Crippen LogP contribution in [0.3, 0.4) is 0 Å². The zero-order valence-corrected chi connectivity index (χ0v) is 180. The fourth-order valence-electron chi connectivity index (χ4n) is 0. The molecule has 108 nitrogen and oxygen atoms in total. The first-order valence-corrected chi connectivity index (χ1v) is 0. The minimum absolute atomic E-state index is 0. The molecule has 0 bridgehead atoms. The zero-order valence-electron chi connectivity index (χ0n) is 70.2. The van der Waals surface area contributed by atoms with Crippen molar-refractivity contribution in [2.75, 3.05) is 0 Å². The Labute approximate surface area is 1750 Å². The molecule has 146 heavy (non-hydrogen) atoms. The van der Waals surface area contributed by atoms with Crippen LogP contribution in [-0.4, -0.2) is 186 Å². The van der Waals surface area contributed by atoms with Gasteiger partial charge < -0.3 is 591 Å². The second-order valence-corrected chi connectivity index (χ2v) is 0. The van der Waals surface area contributed by atoms with Crippen molar-refractivity contribution in [1.29, 1.82) is 0 Å². The molecule has 0 aliphatic rings. The van der Waals surface area contributed by atoms with Gasteiger partial charge in [0.05, 0.1) is 0 Å². The van der Waals surface area contributed by atoms with E-state index in [2.05, 4.69) is 0 Å². The van der Waals surface area contributed by atoms with E-state index in [4.69, 9.17) is 0 Å². The van der Waals surface area contributed by atoms with Gasteiger partial charge in [-0.1, -0.05) is 0 Å².